The van der Waals surface area contributed by atoms with Crippen LogP contribution in [0.5, 0.6) is 0 Å². The Morgan fingerprint density at radius 2 is 2.25 bits per heavy atom. The first kappa shape index (κ1) is 11.7. The number of aromatic nitrogens is 3. The van der Waals surface area contributed by atoms with Gasteiger partial charge in [-0.05, 0) is 12.8 Å². The standard InChI is InChI=1S/C6H10N4.2ClH/c7-5-2-1-3-10-6(5)4-8-9-10;;/h4-5H,1-3,7H2;2*1H. The number of halogens is 2. The van der Waals surface area contributed by atoms with Gasteiger partial charge in [0.25, 0.3) is 0 Å². The van der Waals surface area contributed by atoms with Crippen LogP contribution >= 0.6 is 24.8 Å². The third-order valence-electron chi connectivity index (χ3n) is 1.91. The van der Waals surface area contributed by atoms with Gasteiger partial charge in [-0.25, -0.2) is 4.68 Å². The summed E-state index contributed by atoms with van der Waals surface area (Å²) in [5.41, 5.74) is 6.87. The first-order valence-corrected chi connectivity index (χ1v) is 3.52. The Bertz CT molecular complexity index is 237. The van der Waals surface area contributed by atoms with Gasteiger partial charge in [0, 0.05) is 12.6 Å². The lowest BCUT2D eigenvalue weighted by atomic mass is 10.1. The summed E-state index contributed by atoms with van der Waals surface area (Å²) in [4.78, 5) is 0. The van der Waals surface area contributed by atoms with E-state index in [-0.39, 0.29) is 30.9 Å². The lowest BCUT2D eigenvalue weighted by molar-refractivity contribution is 0.425. The highest BCUT2D eigenvalue weighted by molar-refractivity contribution is 5.85. The molecule has 0 radical (unpaired) electrons. The monoisotopic (exact) mass is 210 g/mol. The van der Waals surface area contributed by atoms with E-state index in [1.54, 1.807) is 6.20 Å². The van der Waals surface area contributed by atoms with E-state index in [1.165, 1.54) is 0 Å². The topological polar surface area (TPSA) is 56.7 Å². The van der Waals surface area contributed by atoms with Crippen molar-refractivity contribution in [2.75, 3.05) is 0 Å². The third kappa shape index (κ3) is 1.88. The Balaban J connectivity index is 0.000000605. The highest BCUT2D eigenvalue weighted by Gasteiger charge is 2.16. The van der Waals surface area contributed by atoms with Crippen LogP contribution in [-0.2, 0) is 6.54 Å². The molecule has 1 aromatic heterocycles. The number of aryl methyl sites for hydroxylation is 1. The van der Waals surface area contributed by atoms with Crippen LogP contribution in [-0.4, -0.2) is 15.0 Å². The van der Waals surface area contributed by atoms with E-state index < -0.39 is 0 Å². The Morgan fingerprint density at radius 3 is 2.92 bits per heavy atom. The molecule has 2 rings (SSSR count). The fourth-order valence-electron chi connectivity index (χ4n) is 1.34. The lowest BCUT2D eigenvalue weighted by Gasteiger charge is -2.17. The Labute approximate surface area is 83.3 Å². The minimum Gasteiger partial charge on any atom is -0.323 e. The Hall–Kier alpha value is -0.320. The van der Waals surface area contributed by atoms with Crippen molar-refractivity contribution in [1.29, 1.82) is 0 Å². The third-order valence-corrected chi connectivity index (χ3v) is 1.91. The second-order valence-electron chi connectivity index (χ2n) is 2.63. The first-order valence-electron chi connectivity index (χ1n) is 3.52. The van der Waals surface area contributed by atoms with Gasteiger partial charge in [-0.1, -0.05) is 5.21 Å². The molecule has 1 atom stereocenters. The molecule has 0 saturated heterocycles. The van der Waals surface area contributed by atoms with Gasteiger partial charge in [-0.15, -0.1) is 29.9 Å². The highest BCUT2D eigenvalue weighted by Crippen LogP contribution is 2.19. The molecule has 0 bridgehead atoms. The van der Waals surface area contributed by atoms with Crippen LogP contribution in [0.3, 0.4) is 0 Å². The predicted molar refractivity (Wildman–Crippen MR) is 50.7 cm³/mol. The molecule has 0 aliphatic carbocycles. The molecule has 0 amide bonds. The van der Waals surface area contributed by atoms with Crippen LogP contribution in [0.4, 0.5) is 0 Å². The molecule has 12 heavy (non-hydrogen) atoms. The van der Waals surface area contributed by atoms with Crippen molar-refractivity contribution in [2.24, 2.45) is 5.73 Å². The normalized spacial score (nSPS) is 20.2. The summed E-state index contributed by atoms with van der Waals surface area (Å²) in [6.07, 6.45) is 3.94. The van der Waals surface area contributed by atoms with E-state index in [0.29, 0.717) is 0 Å². The molecule has 1 unspecified atom stereocenters. The molecule has 2 heterocycles. The average molecular weight is 211 g/mol. The summed E-state index contributed by atoms with van der Waals surface area (Å²) in [5, 5.41) is 7.68. The van der Waals surface area contributed by atoms with Crippen molar-refractivity contribution in [3.8, 4) is 0 Å². The van der Waals surface area contributed by atoms with Crippen LogP contribution in [0, 0.1) is 0 Å². The van der Waals surface area contributed by atoms with Crippen molar-refractivity contribution in [3.63, 3.8) is 0 Å². The molecule has 0 fully saturated rings. The first-order chi connectivity index (χ1) is 4.88. The van der Waals surface area contributed by atoms with E-state index in [2.05, 4.69) is 10.3 Å². The molecule has 0 spiro atoms. The van der Waals surface area contributed by atoms with Crippen LogP contribution in [0.1, 0.15) is 24.6 Å². The molecular weight excluding hydrogens is 199 g/mol. The van der Waals surface area contributed by atoms with E-state index in [1.807, 2.05) is 4.68 Å². The molecule has 1 aliphatic heterocycles. The quantitative estimate of drug-likeness (QED) is 0.694. The molecule has 0 saturated carbocycles. The van der Waals surface area contributed by atoms with Gasteiger partial charge >= 0.3 is 0 Å². The molecule has 1 aromatic rings. The minimum absolute atomic E-state index is 0. The predicted octanol–water partition coefficient (Wildman–Crippen LogP) is 0.915. The maximum atomic E-state index is 5.79. The lowest BCUT2D eigenvalue weighted by Crippen LogP contribution is -2.21. The second kappa shape index (κ2) is 4.64. The van der Waals surface area contributed by atoms with Crippen LogP contribution < -0.4 is 5.73 Å². The van der Waals surface area contributed by atoms with Crippen molar-refractivity contribution < 1.29 is 0 Å². The summed E-state index contributed by atoms with van der Waals surface area (Å²) in [6, 6.07) is 0.156. The zero-order valence-electron chi connectivity index (χ0n) is 6.51. The molecule has 4 nitrogen and oxygen atoms in total. The van der Waals surface area contributed by atoms with Gasteiger partial charge in [0.15, 0.2) is 0 Å². The second-order valence-corrected chi connectivity index (χ2v) is 2.63. The fourth-order valence-corrected chi connectivity index (χ4v) is 1.34. The van der Waals surface area contributed by atoms with Gasteiger partial charge in [-0.3, -0.25) is 0 Å². The van der Waals surface area contributed by atoms with E-state index >= 15 is 0 Å². The van der Waals surface area contributed by atoms with Crippen molar-refractivity contribution in [3.05, 3.63) is 11.9 Å². The number of hydrogen-bond acceptors (Lipinski definition) is 3. The SMILES string of the molecule is Cl.Cl.NC1CCCn2nncc21. The molecule has 0 aromatic carbocycles. The summed E-state index contributed by atoms with van der Waals surface area (Å²) in [5.74, 6) is 0. The maximum absolute atomic E-state index is 5.79. The van der Waals surface area contributed by atoms with Crippen LogP contribution in [0.15, 0.2) is 6.20 Å². The highest BCUT2D eigenvalue weighted by atomic mass is 35.5. The van der Waals surface area contributed by atoms with Crippen molar-refractivity contribution in [2.45, 2.75) is 25.4 Å². The number of nitrogens with zero attached hydrogens (tertiary/aromatic N) is 3. The molecule has 2 N–H and O–H groups in total. The molecule has 70 valence electrons. The Morgan fingerprint density at radius 1 is 1.50 bits per heavy atom. The number of fused-ring (bicyclic) bond motifs is 1. The maximum Gasteiger partial charge on any atom is 0.0754 e. The zero-order chi connectivity index (χ0) is 6.97. The largest absolute Gasteiger partial charge is 0.323 e. The smallest absolute Gasteiger partial charge is 0.0754 e. The number of rotatable bonds is 0. The van der Waals surface area contributed by atoms with Gasteiger partial charge < -0.3 is 5.73 Å². The summed E-state index contributed by atoms with van der Waals surface area (Å²) in [7, 11) is 0. The van der Waals surface area contributed by atoms with Gasteiger partial charge in [0.05, 0.1) is 11.9 Å². The van der Waals surface area contributed by atoms with Crippen molar-refractivity contribution in [1.82, 2.24) is 15.0 Å². The molecular formula is C6H12Cl2N4. The fraction of sp³-hybridized carbons (Fsp3) is 0.667. The van der Waals surface area contributed by atoms with Gasteiger partial charge in [0.1, 0.15) is 0 Å². The van der Waals surface area contributed by atoms with E-state index in [9.17, 15) is 0 Å². The average Bonchev–Trinajstić information content (AvgIpc) is 2.36. The zero-order valence-corrected chi connectivity index (χ0v) is 8.14. The summed E-state index contributed by atoms with van der Waals surface area (Å²) < 4.78 is 1.88. The Kier molecular flexibility index (Phi) is 4.52. The van der Waals surface area contributed by atoms with Gasteiger partial charge in [-0.2, -0.15) is 0 Å². The van der Waals surface area contributed by atoms with Crippen LogP contribution in [0.2, 0.25) is 0 Å². The van der Waals surface area contributed by atoms with Gasteiger partial charge in [0.2, 0.25) is 0 Å². The minimum atomic E-state index is 0. The molecule has 6 heteroatoms. The number of hydrogen-bond donors (Lipinski definition) is 1. The number of nitrogens with two attached hydrogens (primary N) is 1. The van der Waals surface area contributed by atoms with E-state index in [0.717, 1.165) is 25.1 Å². The summed E-state index contributed by atoms with van der Waals surface area (Å²) in [6.45, 7) is 0.975. The van der Waals surface area contributed by atoms with Crippen molar-refractivity contribution >= 4 is 24.8 Å². The molecule has 1 aliphatic rings. The summed E-state index contributed by atoms with van der Waals surface area (Å²) >= 11 is 0. The van der Waals surface area contributed by atoms with Crippen LogP contribution in [0.25, 0.3) is 0 Å². The van der Waals surface area contributed by atoms with E-state index in [4.69, 9.17) is 5.73 Å².